The Bertz CT molecular complexity index is 327. The molecule has 4 heteroatoms. The van der Waals surface area contributed by atoms with Crippen LogP contribution in [0.1, 0.15) is 26.7 Å². The Morgan fingerprint density at radius 2 is 2.00 bits per heavy atom. The molecule has 3 nitrogen and oxygen atoms in total. The number of amidine groups is 1. The third-order valence-corrected chi connectivity index (χ3v) is 5.40. The fraction of sp³-hybridized carbons (Fsp3) is 0.833. The maximum absolute atomic E-state index is 12.1. The van der Waals surface area contributed by atoms with E-state index in [1.165, 1.54) is 6.42 Å². The molecule has 1 aliphatic heterocycles. The van der Waals surface area contributed by atoms with Gasteiger partial charge < -0.3 is 4.90 Å². The molecule has 2 aliphatic rings. The minimum atomic E-state index is 0.103. The number of rotatable bonds is 0. The lowest BCUT2D eigenvalue weighted by Gasteiger charge is -2.40. The standard InChI is InChI=1S/C12H20N2OS/c1-7-5-6-9-10(8(7)2)11(15)13-12(16-9)14(3)4/h7-10H,5-6H2,1-4H3. The van der Waals surface area contributed by atoms with Crippen molar-refractivity contribution in [2.24, 2.45) is 22.7 Å². The van der Waals surface area contributed by atoms with Gasteiger partial charge in [-0.1, -0.05) is 25.6 Å². The fourth-order valence-electron chi connectivity index (χ4n) is 2.61. The van der Waals surface area contributed by atoms with Gasteiger partial charge in [-0.2, -0.15) is 4.99 Å². The number of carbonyl (C=O) groups is 1. The lowest BCUT2D eigenvalue weighted by Crippen LogP contribution is -2.43. The monoisotopic (exact) mass is 240 g/mol. The third-order valence-electron chi connectivity index (χ3n) is 3.90. The average molecular weight is 240 g/mol. The van der Waals surface area contributed by atoms with Crippen molar-refractivity contribution in [2.45, 2.75) is 31.9 Å². The number of thioether (sulfide) groups is 1. The van der Waals surface area contributed by atoms with E-state index < -0.39 is 0 Å². The summed E-state index contributed by atoms with van der Waals surface area (Å²) in [4.78, 5) is 18.2. The maximum Gasteiger partial charge on any atom is 0.252 e. The van der Waals surface area contributed by atoms with Crippen molar-refractivity contribution in [3.05, 3.63) is 0 Å². The highest BCUT2D eigenvalue weighted by molar-refractivity contribution is 8.14. The van der Waals surface area contributed by atoms with E-state index in [2.05, 4.69) is 18.8 Å². The molecule has 4 atom stereocenters. The molecule has 1 fully saturated rings. The van der Waals surface area contributed by atoms with E-state index in [0.29, 0.717) is 17.1 Å². The number of carbonyl (C=O) groups excluding carboxylic acids is 1. The van der Waals surface area contributed by atoms with Gasteiger partial charge in [0.2, 0.25) is 0 Å². The second kappa shape index (κ2) is 4.40. The Hall–Kier alpha value is -0.510. The van der Waals surface area contributed by atoms with Crippen LogP contribution in [0.4, 0.5) is 0 Å². The average Bonchev–Trinajstić information content (AvgIpc) is 2.22. The van der Waals surface area contributed by atoms with Crippen molar-refractivity contribution in [3.8, 4) is 0 Å². The van der Waals surface area contributed by atoms with Crippen LogP contribution >= 0.6 is 11.8 Å². The van der Waals surface area contributed by atoms with Crippen LogP contribution in [0, 0.1) is 17.8 Å². The number of fused-ring (bicyclic) bond motifs is 1. The molecule has 16 heavy (non-hydrogen) atoms. The summed E-state index contributed by atoms with van der Waals surface area (Å²) in [5, 5.41) is 1.33. The summed E-state index contributed by atoms with van der Waals surface area (Å²) >= 11 is 1.79. The molecule has 0 N–H and O–H groups in total. The van der Waals surface area contributed by atoms with Crippen LogP contribution in [0.25, 0.3) is 0 Å². The van der Waals surface area contributed by atoms with Crippen LogP contribution in [-0.2, 0) is 4.79 Å². The normalized spacial score (nSPS) is 39.0. The Labute approximate surface area is 102 Å². The van der Waals surface area contributed by atoms with Crippen molar-refractivity contribution in [1.29, 1.82) is 0 Å². The van der Waals surface area contributed by atoms with Crippen molar-refractivity contribution in [1.82, 2.24) is 4.90 Å². The van der Waals surface area contributed by atoms with Crippen LogP contribution in [0.15, 0.2) is 4.99 Å². The first-order valence-corrected chi connectivity index (χ1v) is 6.85. The number of hydrogen-bond donors (Lipinski definition) is 0. The lowest BCUT2D eigenvalue weighted by molar-refractivity contribution is -0.124. The summed E-state index contributed by atoms with van der Waals surface area (Å²) < 4.78 is 0. The number of amides is 1. The predicted molar refractivity (Wildman–Crippen MR) is 68.6 cm³/mol. The molecule has 90 valence electrons. The van der Waals surface area contributed by atoms with Gasteiger partial charge in [-0.3, -0.25) is 4.79 Å². The molecule has 1 amide bonds. The van der Waals surface area contributed by atoms with Crippen molar-refractivity contribution >= 4 is 22.8 Å². The van der Waals surface area contributed by atoms with Gasteiger partial charge in [0.15, 0.2) is 5.17 Å². The summed E-state index contributed by atoms with van der Waals surface area (Å²) in [6, 6.07) is 0. The molecule has 0 radical (unpaired) electrons. The Morgan fingerprint density at radius 3 is 2.62 bits per heavy atom. The van der Waals surface area contributed by atoms with Crippen molar-refractivity contribution in [2.75, 3.05) is 14.1 Å². The van der Waals surface area contributed by atoms with Gasteiger partial charge in [-0.05, 0) is 24.7 Å². The Balaban J connectivity index is 2.23. The first kappa shape index (κ1) is 12.0. The van der Waals surface area contributed by atoms with Gasteiger partial charge in [0, 0.05) is 19.3 Å². The van der Waals surface area contributed by atoms with Crippen LogP contribution in [0.2, 0.25) is 0 Å². The third kappa shape index (κ3) is 1.99. The van der Waals surface area contributed by atoms with E-state index in [1.54, 1.807) is 11.8 Å². The Kier molecular flexibility index (Phi) is 3.29. The zero-order valence-corrected chi connectivity index (χ0v) is 11.3. The van der Waals surface area contributed by atoms with E-state index in [1.807, 2.05) is 19.0 Å². The van der Waals surface area contributed by atoms with E-state index in [9.17, 15) is 4.79 Å². The minimum Gasteiger partial charge on any atom is -0.357 e. The molecule has 4 unspecified atom stereocenters. The lowest BCUT2D eigenvalue weighted by atomic mass is 9.73. The first-order chi connectivity index (χ1) is 7.50. The highest BCUT2D eigenvalue weighted by Crippen LogP contribution is 2.43. The summed E-state index contributed by atoms with van der Waals surface area (Å²) in [6.45, 7) is 4.46. The second-order valence-electron chi connectivity index (χ2n) is 5.22. The Morgan fingerprint density at radius 1 is 1.31 bits per heavy atom. The summed E-state index contributed by atoms with van der Waals surface area (Å²) in [5.41, 5.74) is 0. The molecule has 0 spiro atoms. The molecule has 1 saturated carbocycles. The number of hydrogen-bond acceptors (Lipinski definition) is 3. The van der Waals surface area contributed by atoms with Crippen molar-refractivity contribution < 1.29 is 4.79 Å². The molecule has 0 aromatic rings. The smallest absolute Gasteiger partial charge is 0.252 e. The molecule has 1 heterocycles. The first-order valence-electron chi connectivity index (χ1n) is 5.97. The topological polar surface area (TPSA) is 32.7 Å². The predicted octanol–water partition coefficient (Wildman–Crippen LogP) is 2.23. The minimum absolute atomic E-state index is 0.103. The number of aliphatic imine (C=N–C) groups is 1. The molecule has 0 aromatic heterocycles. The highest BCUT2D eigenvalue weighted by atomic mass is 32.2. The molecule has 0 bridgehead atoms. The van der Waals surface area contributed by atoms with Gasteiger partial charge in [0.1, 0.15) is 0 Å². The SMILES string of the molecule is CC1CCC2SC(N(C)C)=NC(=O)C2C1C. The second-order valence-corrected chi connectivity index (χ2v) is 6.43. The van der Waals surface area contributed by atoms with Gasteiger partial charge >= 0.3 is 0 Å². The molecule has 0 aromatic carbocycles. The molecular formula is C12H20N2OS. The van der Waals surface area contributed by atoms with Crippen LogP contribution in [0.3, 0.4) is 0 Å². The fourth-order valence-corrected chi connectivity index (χ4v) is 4.00. The molecule has 2 rings (SSSR count). The summed E-state index contributed by atoms with van der Waals surface area (Å²) in [7, 11) is 3.91. The number of nitrogens with zero attached hydrogens (tertiary/aromatic N) is 2. The summed E-state index contributed by atoms with van der Waals surface area (Å²) in [6.07, 6.45) is 2.39. The maximum atomic E-state index is 12.1. The highest BCUT2D eigenvalue weighted by Gasteiger charge is 2.43. The van der Waals surface area contributed by atoms with Gasteiger partial charge in [-0.25, -0.2) is 0 Å². The zero-order valence-electron chi connectivity index (χ0n) is 10.4. The largest absolute Gasteiger partial charge is 0.357 e. The van der Waals surface area contributed by atoms with Gasteiger partial charge in [-0.15, -0.1) is 0 Å². The van der Waals surface area contributed by atoms with Crippen molar-refractivity contribution in [3.63, 3.8) is 0 Å². The van der Waals surface area contributed by atoms with E-state index in [0.717, 1.165) is 11.6 Å². The molecule has 1 aliphatic carbocycles. The zero-order chi connectivity index (χ0) is 11.9. The quantitative estimate of drug-likeness (QED) is 0.651. The van der Waals surface area contributed by atoms with Crippen LogP contribution < -0.4 is 0 Å². The van der Waals surface area contributed by atoms with E-state index in [4.69, 9.17) is 0 Å². The van der Waals surface area contributed by atoms with E-state index in [-0.39, 0.29) is 11.8 Å². The molecule has 0 saturated heterocycles. The van der Waals surface area contributed by atoms with Gasteiger partial charge in [0.05, 0.1) is 5.92 Å². The van der Waals surface area contributed by atoms with Gasteiger partial charge in [0.25, 0.3) is 5.91 Å². The summed E-state index contributed by atoms with van der Waals surface area (Å²) in [5.74, 6) is 1.39. The van der Waals surface area contributed by atoms with Crippen LogP contribution in [0.5, 0.6) is 0 Å². The van der Waals surface area contributed by atoms with E-state index >= 15 is 0 Å². The van der Waals surface area contributed by atoms with Crippen LogP contribution in [-0.4, -0.2) is 35.3 Å². The molecular weight excluding hydrogens is 220 g/mol.